The third-order valence-corrected chi connectivity index (χ3v) is 4.60. The first kappa shape index (κ1) is 19.9. The van der Waals surface area contributed by atoms with E-state index in [0.717, 1.165) is 22.7 Å². The average Bonchev–Trinajstić information content (AvgIpc) is 2.81. The van der Waals surface area contributed by atoms with E-state index in [0.29, 0.717) is 11.1 Å². The molecule has 0 aliphatic rings. The van der Waals surface area contributed by atoms with Gasteiger partial charge in [-0.2, -0.15) is 0 Å². The molecule has 3 N–H and O–H groups in total. The van der Waals surface area contributed by atoms with E-state index in [1.165, 1.54) is 0 Å². The number of carbonyl (C=O) groups is 2. The molecule has 0 radical (unpaired) electrons. The van der Waals surface area contributed by atoms with E-state index in [-0.39, 0.29) is 11.8 Å². The van der Waals surface area contributed by atoms with Gasteiger partial charge in [-0.15, -0.1) is 0 Å². The summed E-state index contributed by atoms with van der Waals surface area (Å²) in [5.41, 5.74) is 4.05. The van der Waals surface area contributed by atoms with Crippen molar-refractivity contribution in [3.8, 4) is 0 Å². The molecule has 0 aromatic heterocycles. The Morgan fingerprint density at radius 2 is 0.839 bits per heavy atom. The molecule has 4 rings (SSSR count). The van der Waals surface area contributed by atoms with Gasteiger partial charge in [0.1, 0.15) is 0 Å². The lowest BCUT2D eigenvalue weighted by atomic mass is 10.1. The summed E-state index contributed by atoms with van der Waals surface area (Å²) < 4.78 is 0. The minimum absolute atomic E-state index is 0.189. The Balaban J connectivity index is 1.46. The van der Waals surface area contributed by atoms with Gasteiger partial charge in [0.2, 0.25) is 0 Å². The maximum absolute atomic E-state index is 12.5. The largest absolute Gasteiger partial charge is 0.355 e. The smallest absolute Gasteiger partial charge is 0.255 e. The van der Waals surface area contributed by atoms with Crippen LogP contribution >= 0.6 is 0 Å². The first-order valence-corrected chi connectivity index (χ1v) is 9.87. The number of hydrogen-bond donors (Lipinski definition) is 3. The van der Waals surface area contributed by atoms with E-state index in [9.17, 15) is 9.59 Å². The van der Waals surface area contributed by atoms with Crippen LogP contribution in [0.25, 0.3) is 0 Å². The van der Waals surface area contributed by atoms with Crippen LogP contribution in [0.15, 0.2) is 109 Å². The predicted octanol–water partition coefficient (Wildman–Crippen LogP) is 5.93. The number of hydrogen-bond acceptors (Lipinski definition) is 3. The maximum Gasteiger partial charge on any atom is 0.255 e. The Kier molecular flexibility index (Phi) is 6.05. The molecule has 2 amide bonds. The van der Waals surface area contributed by atoms with Gasteiger partial charge in [0.25, 0.3) is 11.8 Å². The van der Waals surface area contributed by atoms with Gasteiger partial charge in [-0.3, -0.25) is 9.59 Å². The van der Waals surface area contributed by atoms with Crippen LogP contribution in [-0.2, 0) is 0 Å². The first-order valence-electron chi connectivity index (χ1n) is 9.87. The van der Waals surface area contributed by atoms with Crippen molar-refractivity contribution in [2.24, 2.45) is 0 Å². The molecule has 0 saturated heterocycles. The zero-order valence-corrected chi connectivity index (χ0v) is 16.7. The van der Waals surface area contributed by atoms with E-state index in [4.69, 9.17) is 0 Å². The Labute approximate surface area is 180 Å². The molecule has 0 spiro atoms. The molecule has 0 unspecified atom stereocenters. The summed E-state index contributed by atoms with van der Waals surface area (Å²) in [6, 6.07) is 33.1. The normalized spacial score (nSPS) is 10.2. The standard InChI is InChI=1S/C26H21N3O2/c30-25(28-21-11-3-1-4-12-21)19-9-7-15-23(17-19)27-24-16-8-10-20(18-24)26(31)29-22-13-5-2-6-14-22/h1-18,27H,(H,28,30)(H,29,31). The van der Waals surface area contributed by atoms with Crippen molar-refractivity contribution in [1.82, 2.24) is 0 Å². The number of nitrogens with one attached hydrogen (secondary N) is 3. The maximum atomic E-state index is 12.5. The fourth-order valence-corrected chi connectivity index (χ4v) is 3.09. The molecule has 4 aromatic carbocycles. The molecular formula is C26H21N3O2. The number of amides is 2. The fraction of sp³-hybridized carbons (Fsp3) is 0. The second kappa shape index (κ2) is 9.41. The fourth-order valence-electron chi connectivity index (χ4n) is 3.09. The van der Waals surface area contributed by atoms with Gasteiger partial charge in [0.15, 0.2) is 0 Å². The summed E-state index contributed by atoms with van der Waals surface area (Å²) in [7, 11) is 0. The first-order chi connectivity index (χ1) is 15.2. The van der Waals surface area contributed by atoms with E-state index in [2.05, 4.69) is 16.0 Å². The Hall–Kier alpha value is -4.38. The van der Waals surface area contributed by atoms with Crippen LogP contribution in [0.4, 0.5) is 22.7 Å². The molecule has 152 valence electrons. The molecule has 0 heterocycles. The minimum Gasteiger partial charge on any atom is -0.355 e. The highest BCUT2D eigenvalue weighted by molar-refractivity contribution is 6.05. The summed E-state index contributed by atoms with van der Waals surface area (Å²) in [6.07, 6.45) is 0. The molecule has 4 aromatic rings. The summed E-state index contributed by atoms with van der Waals surface area (Å²) in [5, 5.41) is 9.02. The number of para-hydroxylation sites is 2. The van der Waals surface area contributed by atoms with Crippen LogP contribution in [0.5, 0.6) is 0 Å². The Morgan fingerprint density at radius 3 is 1.26 bits per heavy atom. The monoisotopic (exact) mass is 407 g/mol. The summed E-state index contributed by atoms with van der Waals surface area (Å²) in [4.78, 5) is 25.1. The second-order valence-corrected chi connectivity index (χ2v) is 6.93. The molecular weight excluding hydrogens is 386 g/mol. The van der Waals surface area contributed by atoms with Gasteiger partial charge in [-0.25, -0.2) is 0 Å². The molecule has 0 aliphatic heterocycles. The van der Waals surface area contributed by atoms with Crippen molar-refractivity contribution in [3.63, 3.8) is 0 Å². The van der Waals surface area contributed by atoms with Crippen LogP contribution in [0.1, 0.15) is 20.7 Å². The summed E-state index contributed by atoms with van der Waals surface area (Å²) in [6.45, 7) is 0. The number of anilines is 4. The molecule has 5 nitrogen and oxygen atoms in total. The van der Waals surface area contributed by atoms with Gasteiger partial charge < -0.3 is 16.0 Å². The van der Waals surface area contributed by atoms with Crippen molar-refractivity contribution in [2.75, 3.05) is 16.0 Å². The lowest BCUT2D eigenvalue weighted by Crippen LogP contribution is -2.12. The van der Waals surface area contributed by atoms with Crippen molar-refractivity contribution in [2.45, 2.75) is 0 Å². The topological polar surface area (TPSA) is 70.2 Å². The highest BCUT2D eigenvalue weighted by atomic mass is 16.2. The number of rotatable bonds is 6. The Morgan fingerprint density at radius 1 is 0.452 bits per heavy atom. The van der Waals surface area contributed by atoms with Crippen molar-refractivity contribution >= 4 is 34.6 Å². The van der Waals surface area contributed by atoms with Crippen molar-refractivity contribution in [1.29, 1.82) is 0 Å². The van der Waals surface area contributed by atoms with Crippen LogP contribution in [0.2, 0.25) is 0 Å². The van der Waals surface area contributed by atoms with E-state index in [1.807, 2.05) is 84.9 Å². The quantitative estimate of drug-likeness (QED) is 0.371. The molecule has 0 aliphatic carbocycles. The SMILES string of the molecule is O=C(Nc1ccccc1)c1cccc(Nc2cccc(C(=O)Nc3ccccc3)c2)c1. The second-order valence-electron chi connectivity index (χ2n) is 6.93. The van der Waals surface area contributed by atoms with Gasteiger partial charge in [0.05, 0.1) is 0 Å². The third-order valence-electron chi connectivity index (χ3n) is 4.60. The van der Waals surface area contributed by atoms with Gasteiger partial charge in [-0.1, -0.05) is 48.5 Å². The van der Waals surface area contributed by atoms with Gasteiger partial charge in [0, 0.05) is 33.9 Å². The predicted molar refractivity (Wildman–Crippen MR) is 125 cm³/mol. The highest BCUT2D eigenvalue weighted by Gasteiger charge is 2.09. The van der Waals surface area contributed by atoms with E-state index < -0.39 is 0 Å². The van der Waals surface area contributed by atoms with Crippen molar-refractivity contribution < 1.29 is 9.59 Å². The molecule has 31 heavy (non-hydrogen) atoms. The van der Waals surface area contributed by atoms with Crippen LogP contribution in [0.3, 0.4) is 0 Å². The average molecular weight is 407 g/mol. The number of carbonyl (C=O) groups excluding carboxylic acids is 2. The van der Waals surface area contributed by atoms with E-state index >= 15 is 0 Å². The van der Waals surface area contributed by atoms with Crippen LogP contribution in [-0.4, -0.2) is 11.8 Å². The van der Waals surface area contributed by atoms with Crippen LogP contribution < -0.4 is 16.0 Å². The van der Waals surface area contributed by atoms with Crippen LogP contribution in [0, 0.1) is 0 Å². The molecule has 0 fully saturated rings. The third kappa shape index (κ3) is 5.36. The van der Waals surface area contributed by atoms with Gasteiger partial charge in [-0.05, 0) is 60.7 Å². The minimum atomic E-state index is -0.189. The van der Waals surface area contributed by atoms with Crippen molar-refractivity contribution in [3.05, 3.63) is 120 Å². The highest BCUT2D eigenvalue weighted by Crippen LogP contribution is 2.20. The van der Waals surface area contributed by atoms with E-state index in [1.54, 1.807) is 24.3 Å². The Bertz CT molecular complexity index is 1100. The van der Waals surface area contributed by atoms with Gasteiger partial charge >= 0.3 is 0 Å². The molecule has 0 bridgehead atoms. The lowest BCUT2D eigenvalue weighted by Gasteiger charge is -2.11. The molecule has 5 heteroatoms. The zero-order valence-electron chi connectivity index (χ0n) is 16.7. The summed E-state index contributed by atoms with van der Waals surface area (Å²) in [5.74, 6) is -0.378. The number of benzene rings is 4. The molecule has 0 atom stereocenters. The zero-order chi connectivity index (χ0) is 21.5. The summed E-state index contributed by atoms with van der Waals surface area (Å²) >= 11 is 0. The molecule has 0 saturated carbocycles. The lowest BCUT2D eigenvalue weighted by molar-refractivity contribution is 0.101.